The number of hydrogen-bond acceptors (Lipinski definition) is 4. The summed E-state index contributed by atoms with van der Waals surface area (Å²) in [5.74, 6) is -0.563. The molecule has 0 radical (unpaired) electrons. The number of sulfonamides is 1. The van der Waals surface area contributed by atoms with Gasteiger partial charge < -0.3 is 4.40 Å². The van der Waals surface area contributed by atoms with Crippen LogP contribution in [0.15, 0.2) is 102 Å². The van der Waals surface area contributed by atoms with Crippen molar-refractivity contribution >= 4 is 27.3 Å². The SMILES string of the molecule is O=S(=O)(c1cccc(F)c1)N1CCN(Cc2c(-c3ccc(Cl)cc3)nc3ccc(-c4ccccc4)cn23)CC1. The molecule has 198 valence electrons. The topological polar surface area (TPSA) is 57.9 Å². The van der Waals surface area contributed by atoms with Crippen molar-refractivity contribution < 1.29 is 12.8 Å². The van der Waals surface area contributed by atoms with Crippen LogP contribution in [-0.4, -0.2) is 53.2 Å². The summed E-state index contributed by atoms with van der Waals surface area (Å²) in [6, 6.07) is 27.1. The van der Waals surface area contributed by atoms with Gasteiger partial charge >= 0.3 is 0 Å². The number of nitrogens with zero attached hydrogens (tertiary/aromatic N) is 4. The second kappa shape index (κ2) is 10.5. The standard InChI is InChI=1S/C30H26ClFN4O2S/c31-25-12-9-23(10-13-25)30-28(36-20-24(11-14-29(36)33-30)22-5-2-1-3-6-22)21-34-15-17-35(18-16-34)39(37,38)27-8-4-7-26(32)19-27/h1-14,19-20H,15-18,21H2. The summed E-state index contributed by atoms with van der Waals surface area (Å²) in [5, 5.41) is 0.658. The van der Waals surface area contributed by atoms with E-state index >= 15 is 0 Å². The lowest BCUT2D eigenvalue weighted by Crippen LogP contribution is -2.48. The minimum atomic E-state index is -3.76. The van der Waals surface area contributed by atoms with Crippen molar-refractivity contribution in [3.05, 3.63) is 114 Å². The van der Waals surface area contributed by atoms with E-state index in [1.807, 2.05) is 48.5 Å². The second-order valence-electron chi connectivity index (χ2n) is 9.56. The Bertz CT molecular complexity index is 1730. The molecule has 1 aliphatic rings. The van der Waals surface area contributed by atoms with Crippen LogP contribution in [0.2, 0.25) is 5.02 Å². The van der Waals surface area contributed by atoms with Gasteiger partial charge in [0.15, 0.2) is 0 Å². The number of aromatic nitrogens is 2. The van der Waals surface area contributed by atoms with Crippen molar-refractivity contribution in [2.75, 3.05) is 26.2 Å². The Balaban J connectivity index is 1.31. The molecule has 1 fully saturated rings. The predicted octanol–water partition coefficient (Wildman–Crippen LogP) is 5.97. The third-order valence-electron chi connectivity index (χ3n) is 7.08. The molecular formula is C30H26ClFN4O2S. The number of piperazine rings is 1. The molecule has 0 spiro atoms. The number of pyridine rings is 1. The summed E-state index contributed by atoms with van der Waals surface area (Å²) in [5.41, 5.74) is 5.88. The molecule has 6 rings (SSSR count). The van der Waals surface area contributed by atoms with Crippen molar-refractivity contribution in [1.82, 2.24) is 18.6 Å². The smallest absolute Gasteiger partial charge is 0.243 e. The molecule has 1 aliphatic heterocycles. The van der Waals surface area contributed by atoms with E-state index in [1.165, 1.54) is 22.5 Å². The van der Waals surface area contributed by atoms with Crippen molar-refractivity contribution in [2.24, 2.45) is 0 Å². The van der Waals surface area contributed by atoms with Crippen LogP contribution in [0.4, 0.5) is 4.39 Å². The molecule has 0 atom stereocenters. The van der Waals surface area contributed by atoms with Gasteiger partial charge in [-0.15, -0.1) is 0 Å². The van der Waals surface area contributed by atoms with Crippen molar-refractivity contribution in [1.29, 1.82) is 0 Å². The van der Waals surface area contributed by atoms with Gasteiger partial charge in [-0.2, -0.15) is 4.31 Å². The minimum Gasteiger partial charge on any atom is -0.301 e. The summed E-state index contributed by atoms with van der Waals surface area (Å²) in [7, 11) is -3.76. The van der Waals surface area contributed by atoms with Crippen molar-refractivity contribution in [3.63, 3.8) is 0 Å². The van der Waals surface area contributed by atoms with Gasteiger partial charge in [-0.1, -0.05) is 60.1 Å². The molecule has 0 N–H and O–H groups in total. The van der Waals surface area contributed by atoms with Crippen LogP contribution in [0.5, 0.6) is 0 Å². The normalized spacial score (nSPS) is 15.1. The lowest BCUT2D eigenvalue weighted by atomic mass is 10.1. The van der Waals surface area contributed by atoms with E-state index in [2.05, 4.69) is 33.7 Å². The molecule has 2 aromatic heterocycles. The Hall–Kier alpha value is -3.56. The Labute approximate surface area is 232 Å². The minimum absolute atomic E-state index is 0.0174. The molecule has 1 saturated heterocycles. The Kier molecular flexibility index (Phi) is 6.95. The Morgan fingerprint density at radius 1 is 0.795 bits per heavy atom. The molecule has 0 aliphatic carbocycles. The van der Waals surface area contributed by atoms with Crippen LogP contribution in [0.1, 0.15) is 5.69 Å². The highest BCUT2D eigenvalue weighted by Gasteiger charge is 2.29. The highest BCUT2D eigenvalue weighted by Crippen LogP contribution is 2.30. The molecule has 0 saturated carbocycles. The molecular weight excluding hydrogens is 535 g/mol. The maximum Gasteiger partial charge on any atom is 0.243 e. The fraction of sp³-hybridized carbons (Fsp3) is 0.167. The van der Waals surface area contributed by atoms with Gasteiger partial charge in [0.05, 0.1) is 16.3 Å². The van der Waals surface area contributed by atoms with E-state index in [1.54, 1.807) is 0 Å². The maximum atomic E-state index is 13.7. The molecule has 6 nitrogen and oxygen atoms in total. The predicted molar refractivity (Wildman–Crippen MR) is 152 cm³/mol. The first-order valence-corrected chi connectivity index (χ1v) is 14.5. The number of benzene rings is 3. The van der Waals surface area contributed by atoms with Gasteiger partial charge in [0, 0.05) is 49.5 Å². The van der Waals surface area contributed by atoms with Gasteiger partial charge in [0.25, 0.3) is 0 Å². The summed E-state index contributed by atoms with van der Waals surface area (Å²) in [6.07, 6.45) is 2.11. The number of fused-ring (bicyclic) bond motifs is 1. The van der Waals surface area contributed by atoms with Gasteiger partial charge in [-0.3, -0.25) is 4.90 Å². The van der Waals surface area contributed by atoms with Crippen molar-refractivity contribution in [3.8, 4) is 22.4 Å². The van der Waals surface area contributed by atoms with Crippen LogP contribution >= 0.6 is 11.6 Å². The maximum absolute atomic E-state index is 13.7. The Morgan fingerprint density at radius 2 is 1.51 bits per heavy atom. The molecule has 5 aromatic rings. The van der Waals surface area contributed by atoms with Crippen LogP contribution in [-0.2, 0) is 16.6 Å². The average Bonchev–Trinajstić information content (AvgIpc) is 3.31. The molecule has 39 heavy (non-hydrogen) atoms. The first kappa shape index (κ1) is 25.7. The molecule has 3 aromatic carbocycles. The van der Waals surface area contributed by atoms with E-state index in [0.717, 1.165) is 39.8 Å². The highest BCUT2D eigenvalue weighted by atomic mass is 35.5. The summed E-state index contributed by atoms with van der Waals surface area (Å²) < 4.78 is 43.4. The number of hydrogen-bond donors (Lipinski definition) is 0. The van der Waals surface area contributed by atoms with Crippen LogP contribution in [0.25, 0.3) is 28.0 Å². The van der Waals surface area contributed by atoms with Gasteiger partial charge in [-0.25, -0.2) is 17.8 Å². The largest absolute Gasteiger partial charge is 0.301 e. The summed E-state index contributed by atoms with van der Waals surface area (Å²) >= 11 is 6.16. The first-order chi connectivity index (χ1) is 18.9. The molecule has 9 heteroatoms. The fourth-order valence-corrected chi connectivity index (χ4v) is 6.58. The first-order valence-electron chi connectivity index (χ1n) is 12.7. The summed E-state index contributed by atoms with van der Waals surface area (Å²) in [6.45, 7) is 2.31. The van der Waals surface area contributed by atoms with Gasteiger partial charge in [0.2, 0.25) is 10.0 Å². The number of rotatable bonds is 6. The van der Waals surface area contributed by atoms with Crippen molar-refractivity contribution in [2.45, 2.75) is 11.4 Å². The van der Waals surface area contributed by atoms with E-state index in [0.29, 0.717) is 37.7 Å². The van der Waals surface area contributed by atoms with Gasteiger partial charge in [0.1, 0.15) is 11.5 Å². The van der Waals surface area contributed by atoms with Crippen LogP contribution in [0.3, 0.4) is 0 Å². The zero-order chi connectivity index (χ0) is 27.0. The van der Waals surface area contributed by atoms with E-state index < -0.39 is 15.8 Å². The van der Waals surface area contributed by atoms with E-state index in [-0.39, 0.29) is 4.90 Å². The second-order valence-corrected chi connectivity index (χ2v) is 11.9. The molecule has 0 unspecified atom stereocenters. The van der Waals surface area contributed by atoms with E-state index in [9.17, 15) is 12.8 Å². The Morgan fingerprint density at radius 3 is 2.23 bits per heavy atom. The number of halogens is 2. The molecule has 0 amide bonds. The average molecular weight is 561 g/mol. The summed E-state index contributed by atoms with van der Waals surface area (Å²) in [4.78, 5) is 7.18. The number of imidazole rings is 1. The quantitative estimate of drug-likeness (QED) is 0.257. The zero-order valence-corrected chi connectivity index (χ0v) is 22.6. The third kappa shape index (κ3) is 5.21. The van der Waals surface area contributed by atoms with Crippen LogP contribution in [0, 0.1) is 5.82 Å². The lowest BCUT2D eigenvalue weighted by Gasteiger charge is -2.34. The zero-order valence-electron chi connectivity index (χ0n) is 21.0. The van der Waals surface area contributed by atoms with Gasteiger partial charge in [-0.05, 0) is 53.6 Å². The third-order valence-corrected chi connectivity index (χ3v) is 9.23. The fourth-order valence-electron chi connectivity index (χ4n) is 5.00. The highest BCUT2D eigenvalue weighted by molar-refractivity contribution is 7.89. The molecule has 0 bridgehead atoms. The monoisotopic (exact) mass is 560 g/mol. The molecule has 3 heterocycles. The van der Waals surface area contributed by atoms with Crippen LogP contribution < -0.4 is 0 Å². The van der Waals surface area contributed by atoms with E-state index in [4.69, 9.17) is 16.6 Å². The lowest BCUT2D eigenvalue weighted by molar-refractivity contribution is 0.180.